The van der Waals surface area contributed by atoms with Gasteiger partial charge in [0.1, 0.15) is 23.2 Å². The van der Waals surface area contributed by atoms with E-state index < -0.39 is 52.8 Å². The number of thioether (sulfide) groups is 2. The Balaban J connectivity index is 1.28. The van der Waals surface area contributed by atoms with Crippen LogP contribution in [0.15, 0.2) is 69.2 Å². The van der Waals surface area contributed by atoms with Gasteiger partial charge in [0.2, 0.25) is 11.8 Å². The number of hydrogen-bond acceptors (Lipinski definition) is 10. The highest BCUT2D eigenvalue weighted by Crippen LogP contribution is 2.41. The number of hydrogen-bond donors (Lipinski definition) is 6. The Bertz CT molecular complexity index is 1600. The van der Waals surface area contributed by atoms with Crippen molar-refractivity contribution in [2.75, 3.05) is 16.9 Å². The van der Waals surface area contributed by atoms with Crippen molar-refractivity contribution >= 4 is 58.7 Å². The van der Waals surface area contributed by atoms with Crippen molar-refractivity contribution in [2.45, 2.75) is 22.5 Å². The van der Waals surface area contributed by atoms with Gasteiger partial charge in [-0.05, 0) is 23.1 Å². The smallest absolute Gasteiger partial charge is 0.352 e. The van der Waals surface area contributed by atoms with Gasteiger partial charge in [0, 0.05) is 28.5 Å². The van der Waals surface area contributed by atoms with Gasteiger partial charge in [-0.25, -0.2) is 24.5 Å². The molecule has 5 heterocycles. The maximum absolute atomic E-state index is 13.3. The number of H-pyrrole nitrogens is 1. The average molecular weight is 620 g/mol. The van der Waals surface area contributed by atoms with E-state index in [1.807, 2.05) is 0 Å². The minimum absolute atomic E-state index is 0.176. The predicted octanol–water partition coefficient (Wildman–Crippen LogP) is 0.102. The summed E-state index contributed by atoms with van der Waals surface area (Å²) in [6.07, 6.45) is 2.27. The van der Waals surface area contributed by atoms with Crippen LogP contribution in [0.2, 0.25) is 0 Å². The summed E-state index contributed by atoms with van der Waals surface area (Å²) >= 11 is 3.59. The maximum Gasteiger partial charge on any atom is 0.352 e. The molecule has 0 aliphatic carbocycles. The van der Waals surface area contributed by atoms with Crippen molar-refractivity contribution in [2.24, 2.45) is 0 Å². The van der Waals surface area contributed by atoms with Gasteiger partial charge in [-0.1, -0.05) is 17.8 Å². The molecule has 18 heteroatoms. The molecule has 3 aromatic heterocycles. The molecule has 2 unspecified atom stereocenters. The lowest BCUT2D eigenvalue weighted by Crippen LogP contribution is -2.71. The Morgan fingerprint density at radius 3 is 2.71 bits per heavy atom. The summed E-state index contributed by atoms with van der Waals surface area (Å²) in [5.74, 6) is -2.70. The number of amides is 4. The molecule has 1 fully saturated rings. The highest BCUT2D eigenvalue weighted by Gasteiger charge is 2.54. The van der Waals surface area contributed by atoms with Crippen LogP contribution >= 0.6 is 34.9 Å². The molecule has 0 radical (unpaired) electrons. The molecular formula is C23H21N7O8S3. The number of aliphatic carboxylic acids is 1. The Morgan fingerprint density at radius 2 is 2.05 bits per heavy atom. The van der Waals surface area contributed by atoms with Gasteiger partial charge in [0.15, 0.2) is 6.20 Å². The van der Waals surface area contributed by atoms with E-state index in [1.54, 1.807) is 35.7 Å². The summed E-state index contributed by atoms with van der Waals surface area (Å²) < 4.78 is 1.35. The number of carbonyl (C=O) groups is 4. The standard InChI is InChI=1S/C23H21N7O8S3/c31-13-8-28(23(37)24-13)27-22(36)26-15(12-4-3-7-39-12)18(32)25-16-19(33)30-17(21(34)35)11(10-41-20(16)30)9-40-14-5-1-2-6-29(14)38/h1-8,15-16,20,31H,9-10H2,(H,24,37)(H,25,32)(H,34,35)(H2,26,27,36)/t15?,16-,20?/m0/s1. The van der Waals surface area contributed by atoms with E-state index in [2.05, 4.69) is 21.0 Å². The fourth-order valence-electron chi connectivity index (χ4n) is 4.18. The average Bonchev–Trinajstić information content (AvgIpc) is 3.58. The van der Waals surface area contributed by atoms with Crippen molar-refractivity contribution in [3.05, 3.63) is 79.9 Å². The Morgan fingerprint density at radius 1 is 1.24 bits per heavy atom. The van der Waals surface area contributed by atoms with Gasteiger partial charge in [-0.15, -0.1) is 23.1 Å². The molecule has 41 heavy (non-hydrogen) atoms. The van der Waals surface area contributed by atoms with Gasteiger partial charge in [-0.2, -0.15) is 4.73 Å². The molecule has 2 aliphatic heterocycles. The molecule has 6 N–H and O–H groups in total. The summed E-state index contributed by atoms with van der Waals surface area (Å²) in [7, 11) is 0. The largest absolute Gasteiger partial charge is 0.618 e. The van der Waals surface area contributed by atoms with Gasteiger partial charge in [-0.3, -0.25) is 19.5 Å². The summed E-state index contributed by atoms with van der Waals surface area (Å²) in [6, 6.07) is 4.89. The van der Waals surface area contributed by atoms with Crippen LogP contribution in [0.3, 0.4) is 0 Å². The molecule has 15 nitrogen and oxygen atoms in total. The van der Waals surface area contributed by atoms with Crippen LogP contribution in [-0.4, -0.2) is 71.5 Å². The van der Waals surface area contributed by atoms with Gasteiger partial charge >= 0.3 is 17.7 Å². The van der Waals surface area contributed by atoms with E-state index in [0.29, 0.717) is 24.9 Å². The number of thiophene rings is 1. The lowest BCUT2D eigenvalue weighted by Gasteiger charge is -2.49. The SMILES string of the molecule is O=C(NC(C(=O)N[C@H]1C(=O)N2C(C(=O)O)=C(CSc3cccc[n+]3[O-])CSC12)c1cccs1)Nn1cc(O)[nH]c1=O. The number of nitrogens with zero attached hydrogens (tertiary/aromatic N) is 3. The van der Waals surface area contributed by atoms with E-state index in [0.717, 1.165) is 22.9 Å². The van der Waals surface area contributed by atoms with Crippen LogP contribution in [-0.2, 0) is 14.4 Å². The first kappa shape index (κ1) is 28.1. The number of pyridine rings is 1. The van der Waals surface area contributed by atoms with Crippen LogP contribution in [0.4, 0.5) is 4.79 Å². The fourth-order valence-corrected chi connectivity index (χ4v) is 7.35. The molecule has 0 spiro atoms. The third-order valence-electron chi connectivity index (χ3n) is 6.02. The number of carbonyl (C=O) groups excluding carboxylic acids is 3. The van der Waals surface area contributed by atoms with Gasteiger partial charge in [0.25, 0.3) is 10.9 Å². The number of carboxylic acid groups (broad SMARTS) is 1. The van der Waals surface area contributed by atoms with Crippen molar-refractivity contribution in [3.8, 4) is 5.88 Å². The van der Waals surface area contributed by atoms with Gasteiger partial charge < -0.3 is 26.1 Å². The van der Waals surface area contributed by atoms with Crippen LogP contribution in [0, 0.1) is 5.21 Å². The zero-order valence-electron chi connectivity index (χ0n) is 20.7. The second-order valence-electron chi connectivity index (χ2n) is 8.65. The number of aromatic amines is 1. The number of urea groups is 1. The Labute approximate surface area is 242 Å². The normalized spacial score (nSPS) is 18.7. The topological polar surface area (TPSA) is 213 Å². The van der Waals surface area contributed by atoms with Crippen molar-refractivity contribution in [1.29, 1.82) is 0 Å². The molecule has 0 bridgehead atoms. The molecule has 214 valence electrons. The van der Waals surface area contributed by atoms with E-state index in [-0.39, 0.29) is 17.2 Å². The number of nitrogens with one attached hydrogen (secondary N) is 4. The monoisotopic (exact) mass is 619 g/mol. The van der Waals surface area contributed by atoms with Crippen LogP contribution in [0.1, 0.15) is 10.9 Å². The number of imidazole rings is 1. The first-order valence-electron chi connectivity index (χ1n) is 11.8. The second-order valence-corrected chi connectivity index (χ2v) is 11.7. The zero-order chi connectivity index (χ0) is 29.3. The van der Waals surface area contributed by atoms with Crippen molar-refractivity contribution < 1.29 is 34.1 Å². The molecule has 3 atom stereocenters. The lowest BCUT2D eigenvalue weighted by molar-refractivity contribution is -0.645. The number of aromatic nitrogens is 3. The lowest BCUT2D eigenvalue weighted by atomic mass is 10.0. The molecule has 0 aromatic carbocycles. The first-order valence-corrected chi connectivity index (χ1v) is 14.7. The van der Waals surface area contributed by atoms with Crippen molar-refractivity contribution in [1.82, 2.24) is 25.2 Å². The minimum atomic E-state index is -1.30. The first-order chi connectivity index (χ1) is 19.6. The fraction of sp³-hybridized carbons (Fsp3) is 0.217. The molecule has 5 rings (SSSR count). The van der Waals surface area contributed by atoms with Crippen LogP contribution in [0.5, 0.6) is 5.88 Å². The molecular weight excluding hydrogens is 598 g/mol. The minimum Gasteiger partial charge on any atom is -0.618 e. The second kappa shape index (κ2) is 11.6. The molecule has 0 saturated carbocycles. The van der Waals surface area contributed by atoms with Gasteiger partial charge in [0.05, 0.1) is 6.20 Å². The Hall–Kier alpha value is -4.42. The van der Waals surface area contributed by atoms with E-state index >= 15 is 0 Å². The molecule has 2 aliphatic rings. The maximum atomic E-state index is 13.3. The summed E-state index contributed by atoms with van der Waals surface area (Å²) in [6.45, 7) is 0. The molecule has 3 aromatic rings. The number of fused-ring (bicyclic) bond motifs is 1. The summed E-state index contributed by atoms with van der Waals surface area (Å²) in [4.78, 5) is 66.5. The number of rotatable bonds is 9. The highest BCUT2D eigenvalue weighted by atomic mass is 32.2. The summed E-state index contributed by atoms with van der Waals surface area (Å²) in [5, 5.41) is 37.7. The summed E-state index contributed by atoms with van der Waals surface area (Å²) in [5.41, 5.74) is 1.64. The number of carboxylic acids is 1. The Kier molecular flexibility index (Phi) is 7.95. The van der Waals surface area contributed by atoms with E-state index in [9.17, 15) is 39.4 Å². The highest BCUT2D eigenvalue weighted by molar-refractivity contribution is 8.01. The molecule has 4 amide bonds. The number of aromatic hydroxyl groups is 1. The van der Waals surface area contributed by atoms with E-state index in [4.69, 9.17) is 0 Å². The number of β-lactam (4-membered cyclic amide) rings is 1. The van der Waals surface area contributed by atoms with Crippen LogP contribution in [0.25, 0.3) is 0 Å². The molecule has 1 saturated heterocycles. The zero-order valence-corrected chi connectivity index (χ0v) is 23.1. The third kappa shape index (κ3) is 5.74. The third-order valence-corrected chi connectivity index (χ3v) is 9.40. The van der Waals surface area contributed by atoms with Crippen molar-refractivity contribution in [3.63, 3.8) is 0 Å². The quantitative estimate of drug-likeness (QED) is 0.0823. The van der Waals surface area contributed by atoms with Crippen LogP contribution < -0.4 is 26.5 Å². The predicted molar refractivity (Wildman–Crippen MR) is 147 cm³/mol. The van der Waals surface area contributed by atoms with E-state index in [1.165, 1.54) is 29.3 Å².